The molecule has 20 heavy (non-hydrogen) atoms. The summed E-state index contributed by atoms with van der Waals surface area (Å²) in [5.41, 5.74) is 0. The Labute approximate surface area is 121 Å². The SMILES string of the molecule is CNc1nc(N(C)C(C)Cc2cccs2)c(F)cc1F. The monoisotopic (exact) mass is 297 g/mol. The molecule has 0 saturated carbocycles. The molecule has 2 rings (SSSR count). The van der Waals surface area contributed by atoms with E-state index in [0.717, 1.165) is 12.5 Å². The van der Waals surface area contributed by atoms with Crippen LogP contribution in [0.5, 0.6) is 0 Å². The first-order valence-corrected chi connectivity index (χ1v) is 7.20. The van der Waals surface area contributed by atoms with E-state index < -0.39 is 11.6 Å². The highest BCUT2D eigenvalue weighted by Crippen LogP contribution is 2.24. The van der Waals surface area contributed by atoms with Crippen LogP contribution < -0.4 is 10.2 Å². The van der Waals surface area contributed by atoms with Gasteiger partial charge in [0, 0.05) is 37.5 Å². The highest BCUT2D eigenvalue weighted by Gasteiger charge is 2.19. The number of rotatable bonds is 5. The first kappa shape index (κ1) is 14.7. The molecule has 0 aromatic carbocycles. The number of hydrogen-bond donors (Lipinski definition) is 1. The van der Waals surface area contributed by atoms with Crippen LogP contribution in [0.15, 0.2) is 23.6 Å². The maximum atomic E-state index is 13.9. The summed E-state index contributed by atoms with van der Waals surface area (Å²) in [5.74, 6) is -1.13. The standard InChI is InChI=1S/C14H17F2N3S/c1-9(7-10-5-4-6-20-10)19(3)14-12(16)8-11(15)13(17-2)18-14/h4-6,8-9H,7H2,1-3H3,(H,17,18). The molecule has 0 bridgehead atoms. The van der Waals surface area contributed by atoms with Crippen molar-refractivity contribution in [2.45, 2.75) is 19.4 Å². The van der Waals surface area contributed by atoms with Gasteiger partial charge in [0.05, 0.1) is 0 Å². The molecule has 0 spiro atoms. The van der Waals surface area contributed by atoms with Crippen molar-refractivity contribution in [2.75, 3.05) is 24.3 Å². The van der Waals surface area contributed by atoms with E-state index in [1.54, 1.807) is 30.3 Å². The van der Waals surface area contributed by atoms with Crippen molar-refractivity contribution < 1.29 is 8.78 Å². The van der Waals surface area contributed by atoms with Crippen molar-refractivity contribution >= 4 is 23.0 Å². The molecular weight excluding hydrogens is 280 g/mol. The number of hydrogen-bond acceptors (Lipinski definition) is 4. The average molecular weight is 297 g/mol. The molecule has 0 saturated heterocycles. The van der Waals surface area contributed by atoms with E-state index in [1.807, 2.05) is 24.4 Å². The van der Waals surface area contributed by atoms with Crippen molar-refractivity contribution in [1.82, 2.24) is 4.98 Å². The number of pyridine rings is 1. The van der Waals surface area contributed by atoms with E-state index >= 15 is 0 Å². The Balaban J connectivity index is 2.21. The lowest BCUT2D eigenvalue weighted by molar-refractivity contribution is 0.563. The van der Waals surface area contributed by atoms with E-state index in [2.05, 4.69) is 10.3 Å². The number of aromatic nitrogens is 1. The van der Waals surface area contributed by atoms with Crippen molar-refractivity contribution in [3.05, 3.63) is 40.1 Å². The molecule has 0 aliphatic carbocycles. The molecule has 2 heterocycles. The van der Waals surface area contributed by atoms with Crippen LogP contribution in [-0.2, 0) is 6.42 Å². The topological polar surface area (TPSA) is 28.2 Å². The average Bonchev–Trinajstić information content (AvgIpc) is 2.91. The summed E-state index contributed by atoms with van der Waals surface area (Å²) in [6, 6.07) is 4.96. The zero-order chi connectivity index (χ0) is 14.7. The minimum Gasteiger partial charge on any atom is -0.371 e. The van der Waals surface area contributed by atoms with Gasteiger partial charge in [-0.2, -0.15) is 0 Å². The fraction of sp³-hybridized carbons (Fsp3) is 0.357. The number of nitrogens with one attached hydrogen (secondary N) is 1. The van der Waals surface area contributed by atoms with Crippen LogP contribution in [0.4, 0.5) is 20.4 Å². The summed E-state index contributed by atoms with van der Waals surface area (Å²) in [7, 11) is 3.32. The van der Waals surface area contributed by atoms with Crippen molar-refractivity contribution in [2.24, 2.45) is 0 Å². The summed E-state index contributed by atoms with van der Waals surface area (Å²) in [6.45, 7) is 1.99. The molecule has 0 aliphatic heterocycles. The van der Waals surface area contributed by atoms with Crippen LogP contribution in [0.1, 0.15) is 11.8 Å². The van der Waals surface area contributed by atoms with Gasteiger partial charge in [-0.25, -0.2) is 13.8 Å². The molecule has 1 N–H and O–H groups in total. The Bertz CT molecular complexity index is 572. The second kappa shape index (κ2) is 6.17. The Hall–Kier alpha value is -1.69. The molecule has 1 atom stereocenters. The van der Waals surface area contributed by atoms with E-state index in [0.29, 0.717) is 0 Å². The number of halogens is 2. The van der Waals surface area contributed by atoms with Gasteiger partial charge in [0.2, 0.25) is 0 Å². The molecule has 6 heteroatoms. The normalized spacial score (nSPS) is 12.2. The lowest BCUT2D eigenvalue weighted by Gasteiger charge is -2.26. The second-order valence-electron chi connectivity index (χ2n) is 4.62. The summed E-state index contributed by atoms with van der Waals surface area (Å²) in [5, 5.41) is 4.64. The number of thiophene rings is 1. The molecule has 2 aromatic heterocycles. The maximum Gasteiger partial charge on any atom is 0.168 e. The third-order valence-corrected chi connectivity index (χ3v) is 4.12. The predicted octanol–water partition coefficient (Wildman–Crippen LogP) is 3.53. The number of likely N-dealkylation sites (N-methyl/N-ethyl adjacent to an activating group) is 1. The Morgan fingerprint density at radius 1 is 1.40 bits per heavy atom. The Morgan fingerprint density at radius 2 is 2.15 bits per heavy atom. The molecule has 108 valence electrons. The van der Waals surface area contributed by atoms with Gasteiger partial charge in [-0.3, -0.25) is 0 Å². The zero-order valence-corrected chi connectivity index (χ0v) is 12.5. The minimum absolute atomic E-state index is 0.0524. The fourth-order valence-corrected chi connectivity index (χ4v) is 2.77. The van der Waals surface area contributed by atoms with Crippen LogP contribution in [0, 0.1) is 11.6 Å². The summed E-state index contributed by atoms with van der Waals surface area (Å²) in [6.07, 6.45) is 0.793. The highest BCUT2D eigenvalue weighted by atomic mass is 32.1. The number of anilines is 2. The Morgan fingerprint density at radius 3 is 2.75 bits per heavy atom. The highest BCUT2D eigenvalue weighted by molar-refractivity contribution is 7.09. The molecule has 2 aromatic rings. The maximum absolute atomic E-state index is 13.9. The first-order valence-electron chi connectivity index (χ1n) is 6.32. The summed E-state index contributed by atoms with van der Waals surface area (Å²) >= 11 is 1.66. The molecular formula is C14H17F2N3S. The summed E-state index contributed by atoms with van der Waals surface area (Å²) < 4.78 is 27.3. The van der Waals surface area contributed by atoms with Crippen LogP contribution in [0.3, 0.4) is 0 Å². The first-order chi connectivity index (χ1) is 9.52. The van der Waals surface area contributed by atoms with E-state index in [-0.39, 0.29) is 17.7 Å². The fourth-order valence-electron chi connectivity index (χ4n) is 1.95. The molecule has 0 amide bonds. The predicted molar refractivity (Wildman–Crippen MR) is 79.6 cm³/mol. The largest absolute Gasteiger partial charge is 0.371 e. The van der Waals surface area contributed by atoms with Gasteiger partial charge < -0.3 is 10.2 Å². The summed E-state index contributed by atoms with van der Waals surface area (Å²) in [4.78, 5) is 6.96. The number of nitrogens with zero attached hydrogens (tertiary/aromatic N) is 2. The Kier molecular flexibility index (Phi) is 4.54. The van der Waals surface area contributed by atoms with E-state index in [1.165, 1.54) is 4.88 Å². The smallest absolute Gasteiger partial charge is 0.168 e. The van der Waals surface area contributed by atoms with Crippen LogP contribution in [0.25, 0.3) is 0 Å². The molecule has 3 nitrogen and oxygen atoms in total. The van der Waals surface area contributed by atoms with Gasteiger partial charge in [0.25, 0.3) is 0 Å². The van der Waals surface area contributed by atoms with Gasteiger partial charge in [-0.1, -0.05) is 6.07 Å². The van der Waals surface area contributed by atoms with Gasteiger partial charge in [-0.15, -0.1) is 11.3 Å². The minimum atomic E-state index is -0.687. The van der Waals surface area contributed by atoms with E-state index in [9.17, 15) is 8.78 Å². The second-order valence-corrected chi connectivity index (χ2v) is 5.65. The lowest BCUT2D eigenvalue weighted by atomic mass is 10.2. The zero-order valence-electron chi connectivity index (χ0n) is 11.7. The molecule has 1 unspecified atom stereocenters. The third kappa shape index (κ3) is 3.07. The van der Waals surface area contributed by atoms with Crippen LogP contribution >= 0.6 is 11.3 Å². The van der Waals surface area contributed by atoms with Gasteiger partial charge in [0.1, 0.15) is 0 Å². The van der Waals surface area contributed by atoms with Gasteiger partial charge in [0.15, 0.2) is 23.3 Å². The molecule has 0 fully saturated rings. The van der Waals surface area contributed by atoms with Crippen LogP contribution in [0.2, 0.25) is 0 Å². The quantitative estimate of drug-likeness (QED) is 0.915. The molecule has 0 aliphatic rings. The lowest BCUT2D eigenvalue weighted by Crippen LogP contribution is -2.32. The van der Waals surface area contributed by atoms with Crippen LogP contribution in [-0.4, -0.2) is 25.1 Å². The van der Waals surface area contributed by atoms with Crippen molar-refractivity contribution in [1.29, 1.82) is 0 Å². The van der Waals surface area contributed by atoms with Crippen molar-refractivity contribution in [3.8, 4) is 0 Å². The molecule has 0 radical (unpaired) electrons. The third-order valence-electron chi connectivity index (χ3n) is 3.22. The van der Waals surface area contributed by atoms with Gasteiger partial charge in [-0.05, 0) is 18.4 Å². The van der Waals surface area contributed by atoms with E-state index in [4.69, 9.17) is 0 Å². The van der Waals surface area contributed by atoms with Crippen molar-refractivity contribution in [3.63, 3.8) is 0 Å². The van der Waals surface area contributed by atoms with Gasteiger partial charge >= 0.3 is 0 Å².